The Kier molecular flexibility index (Phi) is 11.4. The predicted octanol–water partition coefficient (Wildman–Crippen LogP) is 6.32. The van der Waals surface area contributed by atoms with E-state index in [1.165, 1.54) is 17.0 Å². The van der Waals surface area contributed by atoms with E-state index >= 15 is 0 Å². The van der Waals surface area contributed by atoms with Crippen LogP contribution >= 0.6 is 0 Å². The van der Waals surface area contributed by atoms with Crippen LogP contribution in [0.3, 0.4) is 0 Å². The van der Waals surface area contributed by atoms with Gasteiger partial charge < -0.3 is 19.7 Å². The first-order chi connectivity index (χ1) is 22.0. The molecule has 242 valence electrons. The Balaban J connectivity index is 1.71. The maximum absolute atomic E-state index is 14.2. The quantitative estimate of drug-likeness (QED) is 0.172. The standard InChI is InChI=1S/C36H41N3O6S/c1-6-27(3)37-36(41)28(4)38(24-29-11-10-14-33(23-29)44-5)35(40)25-39(46(42,43)34-21-15-26(2)16-22-34)30-17-19-32(20-18-30)45-31-12-8-7-9-13-31/h7-23,27-28H,6,24-25H2,1-5H3,(H,37,41)/t27-,28+/m1/s1. The Morgan fingerprint density at radius 2 is 1.46 bits per heavy atom. The molecule has 9 nitrogen and oxygen atoms in total. The van der Waals surface area contributed by atoms with Crippen molar-refractivity contribution in [2.75, 3.05) is 18.0 Å². The van der Waals surface area contributed by atoms with E-state index in [0.29, 0.717) is 17.2 Å². The van der Waals surface area contributed by atoms with Crippen molar-refractivity contribution < 1.29 is 27.5 Å². The number of benzene rings is 4. The molecule has 0 heterocycles. The van der Waals surface area contributed by atoms with Crippen LogP contribution in [0.2, 0.25) is 0 Å². The molecule has 0 saturated carbocycles. The zero-order valence-corrected chi connectivity index (χ0v) is 27.7. The van der Waals surface area contributed by atoms with Crippen molar-refractivity contribution in [3.63, 3.8) is 0 Å². The first kappa shape index (κ1) is 34.1. The molecule has 0 aliphatic rings. The Hall–Kier alpha value is -4.83. The van der Waals surface area contributed by atoms with E-state index in [-0.39, 0.29) is 29.1 Å². The number of anilines is 1. The summed E-state index contributed by atoms with van der Waals surface area (Å²) in [5.74, 6) is 0.857. The second kappa shape index (κ2) is 15.4. The summed E-state index contributed by atoms with van der Waals surface area (Å²) >= 11 is 0. The normalized spacial score (nSPS) is 12.5. The highest BCUT2D eigenvalue weighted by atomic mass is 32.2. The van der Waals surface area contributed by atoms with Crippen molar-refractivity contribution in [2.45, 2.75) is 57.6 Å². The summed E-state index contributed by atoms with van der Waals surface area (Å²) in [6.07, 6.45) is 0.717. The fourth-order valence-electron chi connectivity index (χ4n) is 4.69. The number of methoxy groups -OCH3 is 1. The third kappa shape index (κ3) is 8.66. The first-order valence-corrected chi connectivity index (χ1v) is 16.6. The number of rotatable bonds is 14. The maximum Gasteiger partial charge on any atom is 0.264 e. The second-order valence-electron chi connectivity index (χ2n) is 11.1. The lowest BCUT2D eigenvalue weighted by Crippen LogP contribution is -2.52. The highest BCUT2D eigenvalue weighted by Gasteiger charge is 2.33. The third-order valence-electron chi connectivity index (χ3n) is 7.65. The summed E-state index contributed by atoms with van der Waals surface area (Å²) in [6, 6.07) is 28.4. The van der Waals surface area contributed by atoms with Crippen LogP contribution < -0.4 is 19.1 Å². The van der Waals surface area contributed by atoms with Gasteiger partial charge in [-0.15, -0.1) is 0 Å². The molecule has 0 fully saturated rings. The lowest BCUT2D eigenvalue weighted by Gasteiger charge is -2.32. The van der Waals surface area contributed by atoms with Gasteiger partial charge in [0.15, 0.2) is 0 Å². The van der Waals surface area contributed by atoms with Crippen LogP contribution in [0, 0.1) is 6.92 Å². The van der Waals surface area contributed by atoms with Crippen LogP contribution in [0.15, 0.2) is 108 Å². The summed E-state index contributed by atoms with van der Waals surface area (Å²) in [6.45, 7) is 6.88. The Labute approximate surface area is 271 Å². The molecule has 0 aliphatic carbocycles. The van der Waals surface area contributed by atoms with Gasteiger partial charge in [-0.3, -0.25) is 13.9 Å². The van der Waals surface area contributed by atoms with E-state index in [1.54, 1.807) is 68.6 Å². The molecule has 0 aromatic heterocycles. The third-order valence-corrected chi connectivity index (χ3v) is 9.43. The number of sulfonamides is 1. The smallest absolute Gasteiger partial charge is 0.264 e. The van der Waals surface area contributed by atoms with Crippen molar-refractivity contribution in [1.29, 1.82) is 0 Å². The molecule has 0 spiro atoms. The zero-order chi connectivity index (χ0) is 33.3. The Morgan fingerprint density at radius 3 is 2.09 bits per heavy atom. The molecule has 0 unspecified atom stereocenters. The van der Waals surface area contributed by atoms with Gasteiger partial charge in [0.2, 0.25) is 11.8 Å². The number of nitrogens with one attached hydrogen (secondary N) is 1. The summed E-state index contributed by atoms with van der Waals surface area (Å²) in [5.41, 5.74) is 1.90. The number of amides is 2. The van der Waals surface area contributed by atoms with Gasteiger partial charge in [0.1, 0.15) is 29.8 Å². The topological polar surface area (TPSA) is 105 Å². The molecule has 10 heteroatoms. The van der Waals surface area contributed by atoms with E-state index in [1.807, 2.05) is 57.2 Å². The molecule has 46 heavy (non-hydrogen) atoms. The van der Waals surface area contributed by atoms with Crippen molar-refractivity contribution in [3.8, 4) is 17.2 Å². The van der Waals surface area contributed by atoms with E-state index in [4.69, 9.17) is 9.47 Å². The molecule has 4 rings (SSSR count). The number of nitrogens with zero attached hydrogens (tertiary/aromatic N) is 2. The molecule has 0 radical (unpaired) electrons. The van der Waals surface area contributed by atoms with Crippen molar-refractivity contribution >= 4 is 27.5 Å². The fourth-order valence-corrected chi connectivity index (χ4v) is 6.10. The van der Waals surface area contributed by atoms with Crippen LogP contribution in [0.5, 0.6) is 17.2 Å². The Bertz CT molecular complexity index is 1710. The van der Waals surface area contributed by atoms with Crippen LogP contribution in [0.25, 0.3) is 0 Å². The van der Waals surface area contributed by atoms with E-state index in [9.17, 15) is 18.0 Å². The van der Waals surface area contributed by atoms with Crippen molar-refractivity contribution in [2.24, 2.45) is 0 Å². The van der Waals surface area contributed by atoms with Crippen LogP contribution in [0.4, 0.5) is 5.69 Å². The number of carbonyl (C=O) groups excluding carboxylic acids is 2. The van der Waals surface area contributed by atoms with E-state index < -0.39 is 28.5 Å². The lowest BCUT2D eigenvalue weighted by molar-refractivity contribution is -0.139. The molecular weight excluding hydrogens is 602 g/mol. The second-order valence-corrected chi connectivity index (χ2v) is 13.0. The molecular formula is C36H41N3O6S. The van der Waals surface area contributed by atoms with Crippen LogP contribution in [-0.4, -0.2) is 50.9 Å². The molecule has 1 N–H and O–H groups in total. The van der Waals surface area contributed by atoms with Gasteiger partial charge in [0, 0.05) is 12.6 Å². The highest BCUT2D eigenvalue weighted by Crippen LogP contribution is 2.29. The monoisotopic (exact) mass is 643 g/mol. The number of ether oxygens (including phenoxy) is 2. The van der Waals surface area contributed by atoms with Gasteiger partial charge in [-0.2, -0.15) is 0 Å². The minimum Gasteiger partial charge on any atom is -0.497 e. The van der Waals surface area contributed by atoms with Gasteiger partial charge in [-0.05, 0) is 93.4 Å². The number of hydrogen-bond acceptors (Lipinski definition) is 6. The summed E-state index contributed by atoms with van der Waals surface area (Å²) in [7, 11) is -2.65. The lowest BCUT2D eigenvalue weighted by atomic mass is 10.1. The first-order valence-electron chi connectivity index (χ1n) is 15.2. The summed E-state index contributed by atoms with van der Waals surface area (Å²) in [4.78, 5) is 28.9. The molecule has 0 saturated heterocycles. The van der Waals surface area contributed by atoms with Gasteiger partial charge in [-0.1, -0.05) is 55.0 Å². The van der Waals surface area contributed by atoms with Crippen molar-refractivity contribution in [1.82, 2.24) is 10.2 Å². The van der Waals surface area contributed by atoms with Crippen LogP contribution in [0.1, 0.15) is 38.3 Å². The van der Waals surface area contributed by atoms with Gasteiger partial charge >= 0.3 is 0 Å². The molecule has 4 aromatic carbocycles. The SMILES string of the molecule is CC[C@@H](C)NC(=O)[C@H](C)N(Cc1cccc(OC)c1)C(=O)CN(c1ccc(Oc2ccccc2)cc1)S(=O)(=O)c1ccc(C)cc1. The van der Waals surface area contributed by atoms with Crippen LogP contribution in [-0.2, 0) is 26.2 Å². The molecule has 0 bridgehead atoms. The number of para-hydroxylation sites is 1. The zero-order valence-electron chi connectivity index (χ0n) is 26.8. The average Bonchev–Trinajstić information content (AvgIpc) is 3.06. The largest absolute Gasteiger partial charge is 0.497 e. The summed E-state index contributed by atoms with van der Waals surface area (Å²) in [5, 5.41) is 2.94. The minimum atomic E-state index is -4.20. The Morgan fingerprint density at radius 1 is 0.826 bits per heavy atom. The van der Waals surface area contributed by atoms with Gasteiger partial charge in [0.05, 0.1) is 17.7 Å². The van der Waals surface area contributed by atoms with Crippen molar-refractivity contribution in [3.05, 3.63) is 114 Å². The van der Waals surface area contributed by atoms with E-state index in [2.05, 4.69) is 5.32 Å². The fraction of sp³-hybridized carbons (Fsp3) is 0.278. The minimum absolute atomic E-state index is 0.0393. The highest BCUT2D eigenvalue weighted by molar-refractivity contribution is 7.92. The number of aryl methyl sites for hydroxylation is 1. The summed E-state index contributed by atoms with van der Waals surface area (Å²) < 4.78 is 40.6. The number of hydrogen-bond donors (Lipinski definition) is 1. The average molecular weight is 644 g/mol. The van der Waals surface area contributed by atoms with Gasteiger partial charge in [-0.25, -0.2) is 8.42 Å². The molecule has 2 atom stereocenters. The molecule has 2 amide bonds. The number of carbonyl (C=O) groups is 2. The predicted molar refractivity (Wildman–Crippen MR) is 180 cm³/mol. The maximum atomic E-state index is 14.2. The molecule has 4 aromatic rings. The van der Waals surface area contributed by atoms with Gasteiger partial charge in [0.25, 0.3) is 10.0 Å². The van der Waals surface area contributed by atoms with E-state index in [0.717, 1.165) is 21.9 Å². The molecule has 0 aliphatic heterocycles.